The Morgan fingerprint density at radius 3 is 2.79 bits per heavy atom. The quantitative estimate of drug-likeness (QED) is 0.841. The van der Waals surface area contributed by atoms with Crippen LogP contribution in [0.3, 0.4) is 0 Å². The Morgan fingerprint density at radius 1 is 1.37 bits per heavy atom. The van der Waals surface area contributed by atoms with Gasteiger partial charge in [-0.3, -0.25) is 0 Å². The van der Waals surface area contributed by atoms with E-state index in [2.05, 4.69) is 9.97 Å². The molecule has 100 valence electrons. The van der Waals surface area contributed by atoms with Crippen molar-refractivity contribution in [2.75, 3.05) is 12.8 Å². The lowest BCUT2D eigenvalue weighted by molar-refractivity contribution is 0.208. The van der Waals surface area contributed by atoms with Crippen molar-refractivity contribution in [2.24, 2.45) is 0 Å². The third-order valence-corrected chi connectivity index (χ3v) is 3.01. The summed E-state index contributed by atoms with van der Waals surface area (Å²) in [6.45, 7) is 1.79. The van der Waals surface area contributed by atoms with Crippen molar-refractivity contribution in [3.05, 3.63) is 46.4 Å². The standard InChI is InChI=1S/C13H14ClN3O2/c1-7-6-10(19-2)17-13(16-7)12(18)8-4-3-5-9(14)11(8)15/h3-6,12,18H,15H2,1-2H3. The number of halogens is 1. The Labute approximate surface area is 116 Å². The highest BCUT2D eigenvalue weighted by molar-refractivity contribution is 6.33. The van der Waals surface area contributed by atoms with Gasteiger partial charge in [-0.2, -0.15) is 4.98 Å². The topological polar surface area (TPSA) is 81.3 Å². The summed E-state index contributed by atoms with van der Waals surface area (Å²) < 4.78 is 5.06. The van der Waals surface area contributed by atoms with Crippen molar-refractivity contribution in [3.63, 3.8) is 0 Å². The summed E-state index contributed by atoms with van der Waals surface area (Å²) >= 11 is 5.93. The highest BCUT2D eigenvalue weighted by atomic mass is 35.5. The van der Waals surface area contributed by atoms with Crippen LogP contribution in [-0.4, -0.2) is 22.2 Å². The zero-order valence-electron chi connectivity index (χ0n) is 10.6. The molecule has 0 aliphatic heterocycles. The number of aryl methyl sites for hydroxylation is 1. The molecular formula is C13H14ClN3O2. The van der Waals surface area contributed by atoms with Crippen LogP contribution in [0, 0.1) is 6.92 Å². The molecule has 1 aromatic carbocycles. The first-order valence-electron chi connectivity index (χ1n) is 5.64. The Balaban J connectivity index is 2.46. The molecule has 3 N–H and O–H groups in total. The van der Waals surface area contributed by atoms with E-state index in [1.54, 1.807) is 31.2 Å². The molecule has 0 fully saturated rings. The van der Waals surface area contributed by atoms with E-state index in [1.807, 2.05) is 0 Å². The predicted molar refractivity (Wildman–Crippen MR) is 73.2 cm³/mol. The molecular weight excluding hydrogens is 266 g/mol. The van der Waals surface area contributed by atoms with Gasteiger partial charge in [0.25, 0.3) is 0 Å². The van der Waals surface area contributed by atoms with Gasteiger partial charge in [-0.1, -0.05) is 23.7 Å². The third kappa shape index (κ3) is 2.77. The first kappa shape index (κ1) is 13.6. The molecule has 5 nitrogen and oxygen atoms in total. The van der Waals surface area contributed by atoms with E-state index < -0.39 is 6.10 Å². The Bertz CT molecular complexity index is 604. The maximum atomic E-state index is 10.3. The number of hydrogen-bond donors (Lipinski definition) is 2. The molecule has 0 aliphatic rings. The number of benzene rings is 1. The summed E-state index contributed by atoms with van der Waals surface area (Å²) in [5, 5.41) is 10.7. The monoisotopic (exact) mass is 279 g/mol. The van der Waals surface area contributed by atoms with Crippen molar-refractivity contribution in [3.8, 4) is 5.88 Å². The predicted octanol–water partition coefficient (Wildman–Crippen LogP) is 2.11. The van der Waals surface area contributed by atoms with E-state index in [-0.39, 0.29) is 5.82 Å². The maximum Gasteiger partial charge on any atom is 0.216 e. The molecule has 0 saturated heterocycles. The highest BCUT2D eigenvalue weighted by Crippen LogP contribution is 2.30. The smallest absolute Gasteiger partial charge is 0.216 e. The van der Waals surface area contributed by atoms with Crippen LogP contribution in [0.2, 0.25) is 5.02 Å². The van der Waals surface area contributed by atoms with Crippen molar-refractivity contribution in [2.45, 2.75) is 13.0 Å². The molecule has 0 radical (unpaired) electrons. The summed E-state index contributed by atoms with van der Waals surface area (Å²) in [6, 6.07) is 6.73. The van der Waals surface area contributed by atoms with Crippen LogP contribution >= 0.6 is 11.6 Å². The van der Waals surface area contributed by atoms with Gasteiger partial charge in [0.1, 0.15) is 6.10 Å². The fourth-order valence-electron chi connectivity index (χ4n) is 1.72. The highest BCUT2D eigenvalue weighted by Gasteiger charge is 2.18. The van der Waals surface area contributed by atoms with Crippen molar-refractivity contribution in [1.29, 1.82) is 0 Å². The van der Waals surface area contributed by atoms with Gasteiger partial charge in [0, 0.05) is 17.3 Å². The number of nitrogens with two attached hydrogens (primary N) is 1. The number of ether oxygens (including phenoxy) is 1. The molecule has 1 heterocycles. The minimum atomic E-state index is -1.05. The molecule has 0 bridgehead atoms. The van der Waals surface area contributed by atoms with Gasteiger partial charge >= 0.3 is 0 Å². The molecule has 19 heavy (non-hydrogen) atoms. The number of methoxy groups -OCH3 is 1. The van der Waals surface area contributed by atoms with E-state index >= 15 is 0 Å². The Hall–Kier alpha value is -1.85. The number of aromatic nitrogens is 2. The Kier molecular flexibility index (Phi) is 3.87. The van der Waals surface area contributed by atoms with Crippen LogP contribution in [0.15, 0.2) is 24.3 Å². The second kappa shape index (κ2) is 5.42. The van der Waals surface area contributed by atoms with Crippen LogP contribution in [0.5, 0.6) is 5.88 Å². The summed E-state index contributed by atoms with van der Waals surface area (Å²) in [7, 11) is 1.51. The van der Waals surface area contributed by atoms with Gasteiger partial charge in [-0.25, -0.2) is 4.98 Å². The van der Waals surface area contributed by atoms with E-state index in [4.69, 9.17) is 22.1 Å². The molecule has 2 rings (SSSR count). The summed E-state index contributed by atoms with van der Waals surface area (Å²) in [4.78, 5) is 8.31. The third-order valence-electron chi connectivity index (χ3n) is 2.68. The van der Waals surface area contributed by atoms with Gasteiger partial charge in [0.15, 0.2) is 5.82 Å². The molecule has 1 atom stereocenters. The van der Waals surface area contributed by atoms with Crippen molar-refractivity contribution in [1.82, 2.24) is 9.97 Å². The molecule has 0 aliphatic carbocycles. The summed E-state index contributed by atoms with van der Waals surface area (Å²) in [5.74, 6) is 0.618. The lowest BCUT2D eigenvalue weighted by Crippen LogP contribution is -2.09. The second-order valence-corrected chi connectivity index (χ2v) is 4.46. The minimum Gasteiger partial charge on any atom is -0.481 e. The first-order chi connectivity index (χ1) is 9.02. The first-order valence-corrected chi connectivity index (χ1v) is 6.02. The van der Waals surface area contributed by atoms with Gasteiger partial charge in [-0.05, 0) is 13.0 Å². The van der Waals surface area contributed by atoms with Crippen LogP contribution < -0.4 is 10.5 Å². The molecule has 0 saturated carbocycles. The molecule has 1 unspecified atom stereocenters. The van der Waals surface area contributed by atoms with Crippen LogP contribution in [0.4, 0.5) is 5.69 Å². The van der Waals surface area contributed by atoms with Gasteiger partial charge in [0.05, 0.1) is 17.8 Å². The number of hydrogen-bond acceptors (Lipinski definition) is 5. The lowest BCUT2D eigenvalue weighted by Gasteiger charge is -2.14. The number of para-hydroxylation sites is 1. The molecule has 0 spiro atoms. The number of aliphatic hydroxyl groups is 1. The van der Waals surface area contributed by atoms with E-state index in [9.17, 15) is 5.11 Å². The van der Waals surface area contributed by atoms with Crippen LogP contribution in [0.25, 0.3) is 0 Å². The SMILES string of the molecule is COc1cc(C)nc(C(O)c2cccc(Cl)c2N)n1. The number of nitrogens with zero attached hydrogens (tertiary/aromatic N) is 2. The zero-order valence-corrected chi connectivity index (χ0v) is 11.3. The zero-order chi connectivity index (χ0) is 14.0. The molecule has 0 amide bonds. The maximum absolute atomic E-state index is 10.3. The average Bonchev–Trinajstić information content (AvgIpc) is 2.40. The molecule has 2 aromatic rings. The van der Waals surface area contributed by atoms with Gasteiger partial charge < -0.3 is 15.6 Å². The van der Waals surface area contributed by atoms with E-state index in [0.29, 0.717) is 27.8 Å². The van der Waals surface area contributed by atoms with E-state index in [0.717, 1.165) is 0 Å². The van der Waals surface area contributed by atoms with Crippen LogP contribution in [-0.2, 0) is 0 Å². The largest absolute Gasteiger partial charge is 0.481 e. The average molecular weight is 280 g/mol. The van der Waals surface area contributed by atoms with Crippen LogP contribution in [0.1, 0.15) is 23.2 Å². The molecule has 1 aromatic heterocycles. The fraction of sp³-hybridized carbons (Fsp3) is 0.231. The second-order valence-electron chi connectivity index (χ2n) is 4.06. The lowest BCUT2D eigenvalue weighted by atomic mass is 10.1. The van der Waals surface area contributed by atoms with Gasteiger partial charge in [-0.15, -0.1) is 0 Å². The van der Waals surface area contributed by atoms with E-state index in [1.165, 1.54) is 7.11 Å². The summed E-state index contributed by atoms with van der Waals surface area (Å²) in [6.07, 6.45) is -1.05. The Morgan fingerprint density at radius 2 is 2.11 bits per heavy atom. The van der Waals surface area contributed by atoms with Crippen molar-refractivity contribution < 1.29 is 9.84 Å². The van der Waals surface area contributed by atoms with Gasteiger partial charge in [0.2, 0.25) is 5.88 Å². The number of rotatable bonds is 3. The number of nitrogen functional groups attached to an aromatic ring is 1. The molecule has 6 heteroatoms. The van der Waals surface area contributed by atoms with Crippen molar-refractivity contribution >= 4 is 17.3 Å². The fourth-order valence-corrected chi connectivity index (χ4v) is 1.90. The number of aliphatic hydroxyl groups excluding tert-OH is 1. The normalized spacial score (nSPS) is 12.2. The summed E-state index contributed by atoms with van der Waals surface area (Å²) in [5.41, 5.74) is 7.34. The number of anilines is 1. The minimum absolute atomic E-state index is 0.228.